The van der Waals surface area contributed by atoms with E-state index in [0.717, 1.165) is 29.7 Å². The number of fused-ring (bicyclic) bond motifs is 1. The zero-order valence-corrected chi connectivity index (χ0v) is 12.2. The number of carbonyl (C=O) groups is 1. The van der Waals surface area contributed by atoms with Crippen molar-refractivity contribution in [1.29, 1.82) is 0 Å². The van der Waals surface area contributed by atoms with Crippen LogP contribution in [0.1, 0.15) is 50.0 Å². The molecule has 0 spiro atoms. The molecule has 0 fully saturated rings. The molecule has 98 valence electrons. The fraction of sp³-hybridized carbons (Fsp3) is 0.353. The Kier molecular flexibility index (Phi) is 3.28. The number of Topliss-reactive ketones (excluding diaryl/α,β-unsaturated/α-hetero) is 1. The lowest BCUT2D eigenvalue weighted by atomic mass is 9.80. The Morgan fingerprint density at radius 2 is 2.05 bits per heavy atom. The van der Waals surface area contributed by atoms with Gasteiger partial charge >= 0.3 is 0 Å². The van der Waals surface area contributed by atoms with Gasteiger partial charge in [-0.15, -0.1) is 11.3 Å². The average molecular weight is 270 g/mol. The minimum Gasteiger partial charge on any atom is -0.293 e. The van der Waals surface area contributed by atoms with Crippen LogP contribution in [0.15, 0.2) is 30.3 Å². The van der Waals surface area contributed by atoms with Crippen LogP contribution in [0.4, 0.5) is 0 Å². The second-order valence-electron chi connectivity index (χ2n) is 5.38. The Morgan fingerprint density at radius 3 is 2.79 bits per heavy atom. The van der Waals surface area contributed by atoms with Crippen LogP contribution >= 0.6 is 11.3 Å². The quantitative estimate of drug-likeness (QED) is 0.725. The van der Waals surface area contributed by atoms with Gasteiger partial charge in [-0.05, 0) is 55.9 Å². The first-order valence-electron chi connectivity index (χ1n) is 6.86. The van der Waals surface area contributed by atoms with Gasteiger partial charge in [-0.3, -0.25) is 4.79 Å². The fourth-order valence-corrected chi connectivity index (χ4v) is 4.09. The van der Waals surface area contributed by atoms with E-state index >= 15 is 0 Å². The topological polar surface area (TPSA) is 17.1 Å². The molecule has 0 radical (unpaired) electrons. The van der Waals surface area contributed by atoms with Gasteiger partial charge in [0.15, 0.2) is 5.78 Å². The normalized spacial score (nSPS) is 18.1. The van der Waals surface area contributed by atoms with Gasteiger partial charge in [0.1, 0.15) is 0 Å². The lowest BCUT2D eigenvalue weighted by Crippen LogP contribution is -2.18. The van der Waals surface area contributed by atoms with Crippen LogP contribution in [0.2, 0.25) is 0 Å². The van der Waals surface area contributed by atoms with E-state index < -0.39 is 0 Å². The number of rotatable bonds is 2. The van der Waals surface area contributed by atoms with E-state index in [1.165, 1.54) is 16.0 Å². The van der Waals surface area contributed by atoms with Crippen molar-refractivity contribution in [2.45, 2.75) is 39.0 Å². The summed E-state index contributed by atoms with van der Waals surface area (Å²) in [5, 5.41) is 0. The molecule has 0 saturated heterocycles. The Morgan fingerprint density at radius 1 is 1.26 bits per heavy atom. The smallest absolute Gasteiger partial charge is 0.180 e. The summed E-state index contributed by atoms with van der Waals surface area (Å²) < 4.78 is 0. The third-order valence-electron chi connectivity index (χ3n) is 3.95. The highest BCUT2D eigenvalue weighted by atomic mass is 32.1. The fourth-order valence-electron chi connectivity index (χ4n) is 3.07. The van der Waals surface area contributed by atoms with Crippen LogP contribution in [0.5, 0.6) is 0 Å². The lowest BCUT2D eigenvalue weighted by Gasteiger charge is -2.24. The van der Waals surface area contributed by atoms with Crippen molar-refractivity contribution in [3.05, 3.63) is 56.8 Å². The minimum absolute atomic E-state index is 0.0710. The highest BCUT2D eigenvalue weighted by molar-refractivity contribution is 7.14. The van der Waals surface area contributed by atoms with E-state index in [1.807, 2.05) is 6.92 Å². The summed E-state index contributed by atoms with van der Waals surface area (Å²) in [5.41, 5.74) is 3.75. The summed E-state index contributed by atoms with van der Waals surface area (Å²) in [6.07, 6.45) is 3.23. The molecule has 1 aliphatic carbocycles. The van der Waals surface area contributed by atoms with Gasteiger partial charge in [-0.2, -0.15) is 0 Å². The molecular formula is C17H18OS. The number of benzene rings is 1. The zero-order valence-electron chi connectivity index (χ0n) is 11.4. The Labute approximate surface area is 118 Å². The first-order chi connectivity index (χ1) is 9.16. The van der Waals surface area contributed by atoms with E-state index in [-0.39, 0.29) is 5.92 Å². The van der Waals surface area contributed by atoms with Crippen LogP contribution in [-0.2, 0) is 6.42 Å². The van der Waals surface area contributed by atoms with Gasteiger partial charge in [-0.1, -0.05) is 24.3 Å². The maximum absolute atomic E-state index is 12.8. The van der Waals surface area contributed by atoms with Crippen molar-refractivity contribution in [2.75, 3.05) is 0 Å². The molecule has 19 heavy (non-hydrogen) atoms. The van der Waals surface area contributed by atoms with Crippen LogP contribution in [0.3, 0.4) is 0 Å². The molecule has 2 aromatic rings. The summed E-state index contributed by atoms with van der Waals surface area (Å²) in [7, 11) is 0. The average Bonchev–Trinajstić information content (AvgIpc) is 2.76. The van der Waals surface area contributed by atoms with E-state index in [1.54, 1.807) is 11.3 Å². The van der Waals surface area contributed by atoms with E-state index in [0.29, 0.717) is 5.78 Å². The van der Waals surface area contributed by atoms with Gasteiger partial charge in [-0.25, -0.2) is 0 Å². The molecule has 1 aromatic carbocycles. The first-order valence-corrected chi connectivity index (χ1v) is 7.67. The molecule has 1 heterocycles. The second kappa shape index (κ2) is 4.93. The predicted octanol–water partition coefficient (Wildman–Crippen LogP) is 4.67. The SMILES string of the molecule is Cc1cc(C)c(C(=O)C2CCCc3ccccc32)s1. The van der Waals surface area contributed by atoms with Crippen LogP contribution in [-0.4, -0.2) is 5.78 Å². The standard InChI is InChI=1S/C17H18OS/c1-11-10-12(2)19-17(11)16(18)15-9-5-7-13-6-3-4-8-14(13)15/h3-4,6,8,10,15H,5,7,9H2,1-2H3. The molecular weight excluding hydrogens is 252 g/mol. The molecule has 1 nitrogen and oxygen atoms in total. The minimum atomic E-state index is 0.0710. The predicted molar refractivity (Wildman–Crippen MR) is 80.2 cm³/mol. The van der Waals surface area contributed by atoms with Gasteiger partial charge in [0.05, 0.1) is 4.88 Å². The summed E-state index contributed by atoms with van der Waals surface area (Å²) in [5.74, 6) is 0.393. The van der Waals surface area contributed by atoms with Crippen molar-refractivity contribution in [3.8, 4) is 0 Å². The summed E-state index contributed by atoms with van der Waals surface area (Å²) in [6, 6.07) is 10.5. The molecule has 0 amide bonds. The van der Waals surface area contributed by atoms with Crippen LogP contribution in [0, 0.1) is 13.8 Å². The number of aryl methyl sites for hydroxylation is 3. The lowest BCUT2D eigenvalue weighted by molar-refractivity contribution is 0.0954. The Bertz CT molecular complexity index is 624. The summed E-state index contributed by atoms with van der Waals surface area (Å²) in [6.45, 7) is 4.12. The number of ketones is 1. The monoisotopic (exact) mass is 270 g/mol. The van der Waals surface area contributed by atoms with Crippen molar-refractivity contribution in [1.82, 2.24) is 0 Å². The second-order valence-corrected chi connectivity index (χ2v) is 6.63. The Hall–Kier alpha value is -1.41. The number of carbonyl (C=O) groups excluding carboxylic acids is 1. The molecule has 0 saturated carbocycles. The van der Waals surface area contributed by atoms with Crippen LogP contribution < -0.4 is 0 Å². The number of hydrogen-bond donors (Lipinski definition) is 0. The molecule has 3 rings (SSSR count). The Balaban J connectivity index is 2.00. The first kappa shape index (κ1) is 12.6. The highest BCUT2D eigenvalue weighted by Gasteiger charge is 2.28. The molecule has 1 aromatic heterocycles. The maximum atomic E-state index is 12.8. The van der Waals surface area contributed by atoms with Crippen LogP contribution in [0.25, 0.3) is 0 Å². The molecule has 1 aliphatic rings. The number of thiophene rings is 1. The van der Waals surface area contributed by atoms with E-state index in [4.69, 9.17) is 0 Å². The molecule has 1 unspecified atom stereocenters. The molecule has 0 N–H and O–H groups in total. The molecule has 1 atom stereocenters. The van der Waals surface area contributed by atoms with Gasteiger partial charge < -0.3 is 0 Å². The van der Waals surface area contributed by atoms with Crippen molar-refractivity contribution in [3.63, 3.8) is 0 Å². The largest absolute Gasteiger partial charge is 0.293 e. The van der Waals surface area contributed by atoms with Crippen molar-refractivity contribution >= 4 is 17.1 Å². The van der Waals surface area contributed by atoms with Gasteiger partial charge in [0.25, 0.3) is 0 Å². The van der Waals surface area contributed by atoms with Crippen molar-refractivity contribution < 1.29 is 4.79 Å². The van der Waals surface area contributed by atoms with Crippen molar-refractivity contribution in [2.24, 2.45) is 0 Å². The maximum Gasteiger partial charge on any atom is 0.180 e. The molecule has 2 heteroatoms. The third-order valence-corrected chi connectivity index (χ3v) is 5.12. The highest BCUT2D eigenvalue weighted by Crippen LogP contribution is 2.36. The van der Waals surface area contributed by atoms with Gasteiger partial charge in [0.2, 0.25) is 0 Å². The number of hydrogen-bond acceptors (Lipinski definition) is 2. The zero-order chi connectivity index (χ0) is 13.4. The molecule has 0 bridgehead atoms. The van der Waals surface area contributed by atoms with Gasteiger partial charge in [0, 0.05) is 10.8 Å². The molecule has 0 aliphatic heterocycles. The summed E-state index contributed by atoms with van der Waals surface area (Å²) >= 11 is 1.64. The van der Waals surface area contributed by atoms with E-state index in [9.17, 15) is 4.79 Å². The third kappa shape index (κ3) is 2.25. The summed E-state index contributed by atoms with van der Waals surface area (Å²) in [4.78, 5) is 15.0. The van der Waals surface area contributed by atoms with E-state index in [2.05, 4.69) is 37.3 Å².